The van der Waals surface area contributed by atoms with Gasteiger partial charge in [-0.1, -0.05) is 40.0 Å². The maximum Gasteiger partial charge on any atom is 0.0106 e. The van der Waals surface area contributed by atoms with Crippen LogP contribution in [-0.4, -0.2) is 10.2 Å². The molecule has 0 aromatic rings. The highest BCUT2D eigenvalue weighted by Gasteiger charge is 2.13. The van der Waals surface area contributed by atoms with Crippen LogP contribution in [0.3, 0.4) is 0 Å². The second-order valence-corrected chi connectivity index (χ2v) is 5.67. The van der Waals surface area contributed by atoms with Crippen molar-refractivity contribution in [2.45, 2.75) is 45.1 Å². The first kappa shape index (κ1) is 9.22. The number of unbranched alkanes of at least 4 members (excludes halogenated alkanes) is 1. The molecule has 0 aliphatic rings. The third-order valence-electron chi connectivity index (χ3n) is 1.96. The maximum atomic E-state index is 2.36. The second-order valence-electron chi connectivity index (χ2n) is 3.38. The van der Waals surface area contributed by atoms with Crippen LogP contribution in [0.25, 0.3) is 0 Å². The first-order chi connectivity index (χ1) is 4.12. The predicted molar refractivity (Wildman–Crippen MR) is 47.8 cm³/mol. The third kappa shape index (κ3) is 4.70. The van der Waals surface area contributed by atoms with Crippen LogP contribution in [0.15, 0.2) is 0 Å². The van der Waals surface area contributed by atoms with E-state index >= 15 is 0 Å². The fraction of sp³-hybridized carbons (Fsp3) is 0.875. The van der Waals surface area contributed by atoms with Crippen molar-refractivity contribution in [3.8, 4) is 0 Å². The smallest absolute Gasteiger partial charge is 0.0106 e. The van der Waals surface area contributed by atoms with Gasteiger partial charge in [-0.25, -0.2) is 0 Å². The lowest BCUT2D eigenvalue weighted by atomic mass is 10.0. The number of rotatable bonds is 4. The molecule has 0 rings (SSSR count). The molecule has 1 atom stereocenters. The topological polar surface area (TPSA) is 0 Å². The molecule has 0 N–H and O–H groups in total. The zero-order valence-corrected chi connectivity index (χ0v) is 9.20. The summed E-state index contributed by atoms with van der Waals surface area (Å²) in [4.78, 5) is 0. The molecule has 1 heteroatoms. The van der Waals surface area contributed by atoms with Crippen LogP contribution in [0.1, 0.15) is 40.0 Å². The fourth-order valence-corrected chi connectivity index (χ4v) is 1.13. The van der Waals surface area contributed by atoms with Gasteiger partial charge in [-0.3, -0.25) is 0 Å². The Morgan fingerprint density at radius 2 is 2.11 bits per heavy atom. The maximum absolute atomic E-state index is 2.36. The fourth-order valence-electron chi connectivity index (χ4n) is 0.777. The average molecular weight is 143 g/mol. The van der Waals surface area contributed by atoms with Crippen molar-refractivity contribution in [3.63, 3.8) is 0 Å². The molecule has 0 heterocycles. The Balaban J connectivity index is 3.33. The molecule has 0 saturated heterocycles. The van der Waals surface area contributed by atoms with Gasteiger partial charge in [-0.15, -0.1) is 0 Å². The molecule has 0 fully saturated rings. The van der Waals surface area contributed by atoms with Gasteiger partial charge in [0, 0.05) is 10.2 Å². The Hall–Kier alpha value is 0.217. The minimum absolute atomic E-state index is 0.607. The van der Waals surface area contributed by atoms with Crippen molar-refractivity contribution in [1.82, 2.24) is 0 Å². The van der Waals surface area contributed by atoms with E-state index in [4.69, 9.17) is 0 Å². The second kappa shape index (κ2) is 4.10. The zero-order valence-electron chi connectivity index (χ0n) is 7.20. The van der Waals surface area contributed by atoms with Gasteiger partial charge >= 0.3 is 0 Å². The van der Waals surface area contributed by atoms with E-state index in [2.05, 4.69) is 27.2 Å². The van der Waals surface area contributed by atoms with Gasteiger partial charge in [0.15, 0.2) is 0 Å². The highest BCUT2D eigenvalue weighted by Crippen LogP contribution is 2.30. The van der Waals surface area contributed by atoms with Crippen LogP contribution in [0.2, 0.25) is 5.04 Å². The van der Waals surface area contributed by atoms with Crippen LogP contribution in [-0.2, 0) is 0 Å². The minimum atomic E-state index is 0.607. The van der Waals surface area contributed by atoms with E-state index in [0.717, 1.165) is 0 Å². The molecule has 0 aromatic carbocycles. The number of hydrogen-bond acceptors (Lipinski definition) is 0. The SMILES string of the molecule is C[CH]C(C)([SiH3])CCCC. The summed E-state index contributed by atoms with van der Waals surface area (Å²) in [5, 5.41) is 0.607. The minimum Gasteiger partial charge on any atom is -0.0654 e. The molecular formula is C8H19Si. The Labute approximate surface area is 62.5 Å². The van der Waals surface area contributed by atoms with Crippen LogP contribution in [0, 0.1) is 6.42 Å². The van der Waals surface area contributed by atoms with Crippen molar-refractivity contribution in [3.05, 3.63) is 6.42 Å². The summed E-state index contributed by atoms with van der Waals surface area (Å²) in [7, 11) is 1.31. The summed E-state index contributed by atoms with van der Waals surface area (Å²) in [6, 6.07) is 0. The highest BCUT2D eigenvalue weighted by molar-refractivity contribution is 6.15. The van der Waals surface area contributed by atoms with Crippen LogP contribution < -0.4 is 0 Å². The third-order valence-corrected chi connectivity index (χ3v) is 3.03. The zero-order chi connectivity index (χ0) is 7.33. The molecule has 0 spiro atoms. The van der Waals surface area contributed by atoms with Crippen molar-refractivity contribution in [2.24, 2.45) is 0 Å². The summed E-state index contributed by atoms with van der Waals surface area (Å²) >= 11 is 0. The van der Waals surface area contributed by atoms with E-state index in [-0.39, 0.29) is 0 Å². The summed E-state index contributed by atoms with van der Waals surface area (Å²) in [5.41, 5.74) is 0. The molecule has 0 amide bonds. The van der Waals surface area contributed by atoms with Crippen LogP contribution >= 0.6 is 0 Å². The molecule has 55 valence electrons. The molecule has 9 heavy (non-hydrogen) atoms. The summed E-state index contributed by atoms with van der Waals surface area (Å²) in [6.07, 6.45) is 6.48. The molecule has 1 unspecified atom stereocenters. The quantitative estimate of drug-likeness (QED) is 0.528. The summed E-state index contributed by atoms with van der Waals surface area (Å²) < 4.78 is 0. The van der Waals surface area contributed by atoms with E-state index in [1.54, 1.807) is 0 Å². The first-order valence-electron chi connectivity index (χ1n) is 3.93. The molecule has 0 aliphatic heterocycles. The van der Waals surface area contributed by atoms with Gasteiger partial charge in [-0.05, 0) is 11.5 Å². The summed E-state index contributed by atoms with van der Waals surface area (Å²) in [5.74, 6) is 0. The van der Waals surface area contributed by atoms with Gasteiger partial charge in [0.05, 0.1) is 0 Å². The van der Waals surface area contributed by atoms with Gasteiger partial charge in [0.2, 0.25) is 0 Å². The van der Waals surface area contributed by atoms with Crippen LogP contribution in [0.5, 0.6) is 0 Å². The average Bonchev–Trinajstić information content (AvgIpc) is 1.84. The molecular weight excluding hydrogens is 124 g/mol. The largest absolute Gasteiger partial charge is 0.0654 e. The Kier molecular flexibility index (Phi) is 4.20. The standard InChI is InChI=1S/C8H19Si/c1-4-6-7-8(3,9)5-2/h5H,4,6-7H2,1-3,9H3. The molecule has 1 radical (unpaired) electrons. The lowest BCUT2D eigenvalue weighted by Gasteiger charge is -2.21. The van der Waals surface area contributed by atoms with Gasteiger partial charge < -0.3 is 0 Å². The van der Waals surface area contributed by atoms with E-state index in [0.29, 0.717) is 5.04 Å². The first-order valence-corrected chi connectivity index (χ1v) is 4.93. The van der Waals surface area contributed by atoms with Gasteiger partial charge in [0.25, 0.3) is 0 Å². The Bertz CT molecular complexity index is 67.0. The molecule has 0 saturated carbocycles. The Morgan fingerprint density at radius 3 is 2.44 bits per heavy atom. The van der Waals surface area contributed by atoms with Crippen LogP contribution in [0.4, 0.5) is 0 Å². The van der Waals surface area contributed by atoms with Crippen molar-refractivity contribution in [2.75, 3.05) is 0 Å². The van der Waals surface area contributed by atoms with E-state index in [9.17, 15) is 0 Å². The predicted octanol–water partition coefficient (Wildman–Crippen LogP) is 1.94. The molecule has 0 bridgehead atoms. The van der Waals surface area contributed by atoms with Crippen molar-refractivity contribution < 1.29 is 0 Å². The number of hydrogen-bond donors (Lipinski definition) is 0. The normalized spacial score (nSPS) is 17.7. The van der Waals surface area contributed by atoms with Gasteiger partial charge in [0.1, 0.15) is 0 Å². The van der Waals surface area contributed by atoms with Crippen molar-refractivity contribution in [1.29, 1.82) is 0 Å². The molecule has 0 nitrogen and oxygen atoms in total. The van der Waals surface area contributed by atoms with E-state index in [1.807, 2.05) is 0 Å². The molecule has 0 aliphatic carbocycles. The lowest BCUT2D eigenvalue weighted by Crippen LogP contribution is -2.06. The van der Waals surface area contributed by atoms with Gasteiger partial charge in [-0.2, -0.15) is 0 Å². The van der Waals surface area contributed by atoms with Crippen molar-refractivity contribution >= 4 is 10.2 Å². The Morgan fingerprint density at radius 1 is 1.56 bits per heavy atom. The highest BCUT2D eigenvalue weighted by atomic mass is 28.1. The monoisotopic (exact) mass is 143 g/mol. The van der Waals surface area contributed by atoms with E-state index < -0.39 is 0 Å². The summed E-state index contributed by atoms with van der Waals surface area (Å²) in [6.45, 7) is 6.80. The van der Waals surface area contributed by atoms with E-state index in [1.165, 1.54) is 29.5 Å². The molecule has 0 aromatic heterocycles. The lowest BCUT2D eigenvalue weighted by molar-refractivity contribution is 0.587.